The molecule has 30 heavy (non-hydrogen) atoms. The molecule has 0 amide bonds. The van der Waals surface area contributed by atoms with Gasteiger partial charge in [-0.15, -0.1) is 0 Å². The quantitative estimate of drug-likeness (QED) is 0.421. The molecule has 0 N–H and O–H groups in total. The van der Waals surface area contributed by atoms with Crippen molar-refractivity contribution in [3.8, 4) is 11.5 Å². The molecule has 0 aliphatic heterocycles. The fourth-order valence-corrected chi connectivity index (χ4v) is 3.08. The summed E-state index contributed by atoms with van der Waals surface area (Å²) < 4.78 is 21.5. The number of ether oxygens (including phenoxy) is 3. The van der Waals surface area contributed by atoms with Gasteiger partial charge in [0.25, 0.3) is 0 Å². The number of hydrogen-bond donors (Lipinski definition) is 0. The maximum Gasteiger partial charge on any atom is 0.344 e. The minimum Gasteiger partial charge on any atom is -0.493 e. The summed E-state index contributed by atoms with van der Waals surface area (Å²) in [6, 6.07) is 10.6. The van der Waals surface area contributed by atoms with E-state index in [1.807, 2.05) is 57.2 Å². The van der Waals surface area contributed by atoms with Gasteiger partial charge in [-0.05, 0) is 49.6 Å². The minimum absolute atomic E-state index is 0.0514. The van der Waals surface area contributed by atoms with Gasteiger partial charge in [-0.1, -0.05) is 30.4 Å². The molecule has 0 bridgehead atoms. The third-order valence-electron chi connectivity index (χ3n) is 4.80. The lowest BCUT2D eigenvalue weighted by Gasteiger charge is -2.12. The Labute approximate surface area is 174 Å². The molecule has 0 atom stereocenters. The van der Waals surface area contributed by atoms with Crippen molar-refractivity contribution in [2.45, 2.75) is 27.4 Å². The molecule has 3 aromatic rings. The third-order valence-corrected chi connectivity index (χ3v) is 4.80. The zero-order chi connectivity index (χ0) is 21.7. The Hall–Kier alpha value is -3.54. The fraction of sp³-hybridized carbons (Fsp3) is 0.250. The van der Waals surface area contributed by atoms with E-state index in [9.17, 15) is 9.59 Å². The highest BCUT2D eigenvalue weighted by Crippen LogP contribution is 2.29. The Bertz CT molecular complexity index is 1160. The Balaban J connectivity index is 1.69. The molecule has 0 aliphatic carbocycles. The first-order valence-corrected chi connectivity index (χ1v) is 9.55. The van der Waals surface area contributed by atoms with Crippen molar-refractivity contribution < 1.29 is 23.4 Å². The lowest BCUT2D eigenvalue weighted by atomic mass is 10.0. The summed E-state index contributed by atoms with van der Waals surface area (Å²) in [7, 11) is 1.54. The Morgan fingerprint density at radius 3 is 2.63 bits per heavy atom. The number of carbonyl (C=O) groups excluding carboxylic acids is 1. The standard InChI is InChI=1S/C24H24O6/c1-5-6-17-8-10-20(21(11-17)27-4)28-14-23(26)29-13-18-12-22(25)30-24-16(3)15(2)7-9-19(18)24/h5-12H,13-14H2,1-4H3. The van der Waals surface area contributed by atoms with E-state index in [0.717, 1.165) is 22.1 Å². The van der Waals surface area contributed by atoms with Crippen LogP contribution in [0.3, 0.4) is 0 Å². The monoisotopic (exact) mass is 408 g/mol. The lowest BCUT2D eigenvalue weighted by molar-refractivity contribution is -0.147. The number of aryl methyl sites for hydroxylation is 2. The fourth-order valence-electron chi connectivity index (χ4n) is 3.08. The van der Waals surface area contributed by atoms with Gasteiger partial charge in [0.1, 0.15) is 12.2 Å². The van der Waals surface area contributed by atoms with Crippen molar-refractivity contribution in [1.82, 2.24) is 0 Å². The number of rotatable bonds is 7. The van der Waals surface area contributed by atoms with Crippen LogP contribution in [0.5, 0.6) is 11.5 Å². The van der Waals surface area contributed by atoms with Crippen molar-refractivity contribution >= 4 is 23.0 Å². The molecule has 2 aromatic carbocycles. The van der Waals surface area contributed by atoms with Crippen LogP contribution in [0.15, 0.2) is 51.7 Å². The van der Waals surface area contributed by atoms with Gasteiger partial charge in [-0.2, -0.15) is 0 Å². The number of esters is 1. The minimum atomic E-state index is -0.556. The highest BCUT2D eigenvalue weighted by Gasteiger charge is 2.13. The second-order valence-electron chi connectivity index (χ2n) is 6.83. The molecule has 1 aromatic heterocycles. The molecule has 156 valence electrons. The normalized spacial score (nSPS) is 11.1. The van der Waals surface area contributed by atoms with Crippen LogP contribution in [0.4, 0.5) is 0 Å². The van der Waals surface area contributed by atoms with Gasteiger partial charge in [-0.25, -0.2) is 9.59 Å². The molecule has 0 saturated carbocycles. The average Bonchev–Trinajstić information content (AvgIpc) is 2.74. The second-order valence-corrected chi connectivity index (χ2v) is 6.83. The molecule has 0 saturated heterocycles. The van der Waals surface area contributed by atoms with Crippen molar-refractivity contribution in [2.75, 3.05) is 13.7 Å². The summed E-state index contributed by atoms with van der Waals surface area (Å²) in [5.41, 5.74) is 3.48. The molecule has 0 unspecified atom stereocenters. The highest BCUT2D eigenvalue weighted by molar-refractivity contribution is 5.84. The first-order chi connectivity index (χ1) is 14.4. The Morgan fingerprint density at radius 2 is 1.90 bits per heavy atom. The Kier molecular flexibility index (Phi) is 6.57. The number of carbonyl (C=O) groups is 1. The third kappa shape index (κ3) is 4.71. The maximum atomic E-state index is 12.2. The van der Waals surface area contributed by atoms with Crippen LogP contribution in [0.1, 0.15) is 29.2 Å². The molecule has 3 rings (SSSR count). The SMILES string of the molecule is CC=Cc1ccc(OCC(=O)OCc2cc(=O)oc3c(C)c(C)ccc23)c(OC)c1. The number of fused-ring (bicyclic) bond motifs is 1. The lowest BCUT2D eigenvalue weighted by Crippen LogP contribution is -2.16. The van der Waals surface area contributed by atoms with Gasteiger partial charge in [0.05, 0.1) is 7.11 Å². The summed E-state index contributed by atoms with van der Waals surface area (Å²) >= 11 is 0. The smallest absolute Gasteiger partial charge is 0.344 e. The van der Waals surface area contributed by atoms with Crippen molar-refractivity contribution in [3.63, 3.8) is 0 Å². The van der Waals surface area contributed by atoms with E-state index in [2.05, 4.69) is 0 Å². The van der Waals surface area contributed by atoms with Gasteiger partial charge in [0, 0.05) is 17.0 Å². The molecule has 1 heterocycles. The average molecular weight is 408 g/mol. The largest absolute Gasteiger partial charge is 0.493 e. The van der Waals surface area contributed by atoms with Crippen LogP contribution < -0.4 is 15.1 Å². The van der Waals surface area contributed by atoms with Gasteiger partial charge in [0.2, 0.25) is 0 Å². The molecule has 0 fully saturated rings. The van der Waals surface area contributed by atoms with E-state index in [4.69, 9.17) is 18.6 Å². The van der Waals surface area contributed by atoms with Gasteiger partial charge >= 0.3 is 11.6 Å². The van der Waals surface area contributed by atoms with E-state index in [1.165, 1.54) is 13.2 Å². The van der Waals surface area contributed by atoms with E-state index in [0.29, 0.717) is 22.6 Å². The molecule has 0 spiro atoms. The molecule has 6 nitrogen and oxygen atoms in total. The Morgan fingerprint density at radius 1 is 1.10 bits per heavy atom. The molecule has 0 aliphatic rings. The van der Waals surface area contributed by atoms with E-state index in [1.54, 1.807) is 6.07 Å². The topological polar surface area (TPSA) is 75.0 Å². The highest BCUT2D eigenvalue weighted by atomic mass is 16.6. The van der Waals surface area contributed by atoms with Crippen LogP contribution in [0.2, 0.25) is 0 Å². The predicted molar refractivity (Wildman–Crippen MR) is 115 cm³/mol. The number of allylic oxidation sites excluding steroid dienone is 1. The molecular formula is C24H24O6. The number of hydrogen-bond acceptors (Lipinski definition) is 6. The number of benzene rings is 2. The predicted octanol–water partition coefficient (Wildman–Crippen LogP) is 4.57. The van der Waals surface area contributed by atoms with Crippen LogP contribution >= 0.6 is 0 Å². The van der Waals surface area contributed by atoms with Crippen LogP contribution in [0, 0.1) is 13.8 Å². The second kappa shape index (κ2) is 9.31. The van der Waals surface area contributed by atoms with Crippen molar-refractivity contribution in [3.05, 3.63) is 75.1 Å². The van der Waals surface area contributed by atoms with Gasteiger partial charge < -0.3 is 18.6 Å². The zero-order valence-corrected chi connectivity index (χ0v) is 17.5. The van der Waals surface area contributed by atoms with Crippen LogP contribution in [0.25, 0.3) is 17.0 Å². The van der Waals surface area contributed by atoms with E-state index < -0.39 is 11.6 Å². The summed E-state index contributed by atoms with van der Waals surface area (Å²) in [5.74, 6) is 0.412. The summed E-state index contributed by atoms with van der Waals surface area (Å²) in [6.07, 6.45) is 3.86. The van der Waals surface area contributed by atoms with E-state index in [-0.39, 0.29) is 13.2 Å². The van der Waals surface area contributed by atoms with Crippen molar-refractivity contribution in [1.29, 1.82) is 0 Å². The molecular weight excluding hydrogens is 384 g/mol. The molecule has 6 heteroatoms. The first kappa shape index (κ1) is 21.2. The summed E-state index contributed by atoms with van der Waals surface area (Å²) in [5, 5.41) is 0.743. The van der Waals surface area contributed by atoms with Crippen LogP contribution in [-0.4, -0.2) is 19.7 Å². The van der Waals surface area contributed by atoms with Gasteiger partial charge in [-0.3, -0.25) is 0 Å². The van der Waals surface area contributed by atoms with Crippen molar-refractivity contribution in [2.24, 2.45) is 0 Å². The number of methoxy groups -OCH3 is 1. The van der Waals surface area contributed by atoms with E-state index >= 15 is 0 Å². The first-order valence-electron chi connectivity index (χ1n) is 9.55. The maximum absolute atomic E-state index is 12.2. The summed E-state index contributed by atoms with van der Waals surface area (Å²) in [6.45, 7) is 5.42. The van der Waals surface area contributed by atoms with Crippen LogP contribution in [-0.2, 0) is 16.1 Å². The molecule has 0 radical (unpaired) electrons. The van der Waals surface area contributed by atoms with Gasteiger partial charge in [0.15, 0.2) is 18.1 Å². The zero-order valence-electron chi connectivity index (χ0n) is 17.5. The summed E-state index contributed by atoms with van der Waals surface area (Å²) in [4.78, 5) is 24.1.